The molecule has 19 heavy (non-hydrogen) atoms. The van der Waals surface area contributed by atoms with Crippen LogP contribution in [0.15, 0.2) is 0 Å². The summed E-state index contributed by atoms with van der Waals surface area (Å²) in [7, 11) is 5.99. The molecule has 3 nitrogen and oxygen atoms in total. The van der Waals surface area contributed by atoms with Crippen LogP contribution in [0.2, 0.25) is 0 Å². The summed E-state index contributed by atoms with van der Waals surface area (Å²) < 4.78 is 0.443. The maximum atomic E-state index is 12.0. The highest BCUT2D eigenvalue weighted by Gasteiger charge is 2.57. The van der Waals surface area contributed by atoms with Gasteiger partial charge in [0.1, 0.15) is 11.5 Å². The van der Waals surface area contributed by atoms with Crippen molar-refractivity contribution < 1.29 is 14.4 Å². The zero-order valence-electron chi connectivity index (χ0n) is 13.4. The Bertz CT molecular complexity index is 313. The van der Waals surface area contributed by atoms with E-state index in [1.165, 1.54) is 6.42 Å². The first-order valence-corrected chi connectivity index (χ1v) is 7.74. The van der Waals surface area contributed by atoms with Crippen molar-refractivity contribution >= 4 is 5.97 Å². The van der Waals surface area contributed by atoms with Crippen LogP contribution in [0.1, 0.15) is 65.2 Å². The van der Waals surface area contributed by atoms with Gasteiger partial charge in [0, 0.05) is 5.41 Å². The van der Waals surface area contributed by atoms with Crippen LogP contribution in [0.5, 0.6) is 0 Å². The highest BCUT2D eigenvalue weighted by atomic mass is 16.4. The van der Waals surface area contributed by atoms with Gasteiger partial charge in [0.05, 0.1) is 21.1 Å². The number of carboxylic acid groups (broad SMARTS) is 1. The molecule has 0 aliphatic heterocycles. The maximum absolute atomic E-state index is 12.0. The van der Waals surface area contributed by atoms with Gasteiger partial charge in [-0.15, -0.1) is 0 Å². The van der Waals surface area contributed by atoms with Gasteiger partial charge in [-0.1, -0.05) is 39.0 Å². The maximum Gasteiger partial charge on any atom is 0.141 e. The number of hydrogen-bond donors (Lipinski definition) is 0. The van der Waals surface area contributed by atoms with Crippen molar-refractivity contribution in [1.29, 1.82) is 0 Å². The summed E-state index contributed by atoms with van der Waals surface area (Å²) >= 11 is 0. The fraction of sp³-hybridized carbons (Fsp3) is 0.938. The lowest BCUT2D eigenvalue weighted by molar-refractivity contribution is -0.923. The lowest BCUT2D eigenvalue weighted by atomic mass is 9.58. The van der Waals surface area contributed by atoms with Crippen molar-refractivity contribution in [1.82, 2.24) is 0 Å². The van der Waals surface area contributed by atoms with Gasteiger partial charge in [-0.2, -0.15) is 0 Å². The predicted octanol–water partition coefficient (Wildman–Crippen LogP) is 2.34. The van der Waals surface area contributed by atoms with Gasteiger partial charge in [-0.3, -0.25) is 0 Å². The van der Waals surface area contributed by atoms with Gasteiger partial charge in [0.15, 0.2) is 0 Å². The van der Waals surface area contributed by atoms with Crippen molar-refractivity contribution in [3.05, 3.63) is 0 Å². The molecule has 1 atom stereocenters. The monoisotopic (exact) mass is 269 g/mol. The van der Waals surface area contributed by atoms with Crippen LogP contribution < -0.4 is 5.11 Å². The minimum atomic E-state index is -0.877. The SMILES string of the molecule is CCCCC1(C(C)(C(=O)[O-])[N+](C)(C)C)CCCCC1. The molecule has 1 rings (SSSR count). The number of hydrogen-bond acceptors (Lipinski definition) is 2. The molecule has 0 radical (unpaired) electrons. The quantitative estimate of drug-likeness (QED) is 0.694. The third-order valence-corrected chi connectivity index (χ3v) is 5.59. The predicted molar refractivity (Wildman–Crippen MR) is 76.5 cm³/mol. The molecule has 1 aliphatic carbocycles. The molecule has 0 N–H and O–H groups in total. The summed E-state index contributed by atoms with van der Waals surface area (Å²) in [5.41, 5.74) is -0.902. The number of quaternary nitrogens is 1. The van der Waals surface area contributed by atoms with Crippen LogP contribution in [0, 0.1) is 5.41 Å². The smallest absolute Gasteiger partial charge is 0.141 e. The zero-order valence-corrected chi connectivity index (χ0v) is 13.4. The van der Waals surface area contributed by atoms with Gasteiger partial charge < -0.3 is 14.4 Å². The summed E-state index contributed by atoms with van der Waals surface area (Å²) in [6.07, 6.45) is 8.89. The van der Waals surface area contributed by atoms with E-state index in [1.54, 1.807) is 0 Å². The molecule has 1 unspecified atom stereocenters. The standard InChI is InChI=1S/C16H31NO2/c1-6-7-11-16(12-9-8-10-13-16)15(2,14(18)19)17(3,4)5/h6-13H2,1-5H3. The number of likely N-dealkylation sites (N-methyl/N-ethyl adjacent to an activating group) is 1. The molecule has 0 aromatic heterocycles. The normalized spacial score (nSPS) is 22.8. The van der Waals surface area contributed by atoms with Gasteiger partial charge in [-0.25, -0.2) is 0 Å². The molecule has 1 aliphatic rings. The first-order valence-electron chi connectivity index (χ1n) is 7.74. The number of aliphatic carboxylic acids is 1. The van der Waals surface area contributed by atoms with E-state index in [-0.39, 0.29) is 5.41 Å². The molecular weight excluding hydrogens is 238 g/mol. The molecule has 1 fully saturated rings. The van der Waals surface area contributed by atoms with E-state index in [4.69, 9.17) is 0 Å². The van der Waals surface area contributed by atoms with Crippen molar-refractivity contribution in [3.8, 4) is 0 Å². The Balaban J connectivity index is 3.22. The van der Waals surface area contributed by atoms with Crippen molar-refractivity contribution in [2.45, 2.75) is 70.8 Å². The van der Waals surface area contributed by atoms with E-state index in [2.05, 4.69) is 6.92 Å². The Labute approximate surface area is 118 Å². The topological polar surface area (TPSA) is 40.1 Å². The Morgan fingerprint density at radius 3 is 2.11 bits per heavy atom. The van der Waals surface area contributed by atoms with Crippen LogP contribution >= 0.6 is 0 Å². The summed E-state index contributed by atoms with van der Waals surface area (Å²) in [6, 6.07) is 0. The van der Waals surface area contributed by atoms with Crippen molar-refractivity contribution in [3.63, 3.8) is 0 Å². The minimum Gasteiger partial charge on any atom is -0.544 e. The van der Waals surface area contributed by atoms with E-state index < -0.39 is 11.5 Å². The fourth-order valence-corrected chi connectivity index (χ4v) is 3.93. The average molecular weight is 269 g/mol. The second-order valence-corrected chi connectivity index (χ2v) is 7.32. The minimum absolute atomic E-state index is 0.0989. The fourth-order valence-electron chi connectivity index (χ4n) is 3.93. The van der Waals surface area contributed by atoms with E-state index in [0.29, 0.717) is 4.48 Å². The average Bonchev–Trinajstić information content (AvgIpc) is 2.34. The third kappa shape index (κ3) is 2.81. The number of carboxylic acids is 1. The number of carbonyl (C=O) groups is 1. The molecule has 112 valence electrons. The highest BCUT2D eigenvalue weighted by Crippen LogP contribution is 2.51. The van der Waals surface area contributed by atoms with Crippen LogP contribution in [-0.2, 0) is 4.79 Å². The number of unbranched alkanes of at least 4 members (excludes halogenated alkanes) is 1. The summed E-state index contributed by atoms with van der Waals surface area (Å²) in [5.74, 6) is -0.877. The largest absolute Gasteiger partial charge is 0.544 e. The molecule has 0 bridgehead atoms. The second-order valence-electron chi connectivity index (χ2n) is 7.32. The van der Waals surface area contributed by atoms with Crippen LogP contribution in [0.25, 0.3) is 0 Å². The molecule has 0 heterocycles. The molecular formula is C16H31NO2. The number of nitrogens with zero attached hydrogens (tertiary/aromatic N) is 1. The Morgan fingerprint density at radius 1 is 1.21 bits per heavy atom. The Kier molecular flexibility index (Phi) is 5.05. The van der Waals surface area contributed by atoms with Gasteiger partial charge in [0.2, 0.25) is 0 Å². The number of carbonyl (C=O) groups excluding carboxylic acids is 1. The molecule has 3 heteroatoms. The lowest BCUT2D eigenvalue weighted by Crippen LogP contribution is -2.72. The third-order valence-electron chi connectivity index (χ3n) is 5.59. The van der Waals surface area contributed by atoms with E-state index in [0.717, 1.165) is 44.9 Å². The van der Waals surface area contributed by atoms with Gasteiger partial charge in [-0.05, 0) is 26.2 Å². The molecule has 0 spiro atoms. The number of rotatable bonds is 6. The first kappa shape index (κ1) is 16.5. The summed E-state index contributed by atoms with van der Waals surface area (Å²) in [6.45, 7) is 4.10. The van der Waals surface area contributed by atoms with Crippen molar-refractivity contribution in [2.75, 3.05) is 21.1 Å². The molecule has 1 saturated carbocycles. The zero-order chi connectivity index (χ0) is 14.7. The molecule has 0 amide bonds. The van der Waals surface area contributed by atoms with Gasteiger partial charge >= 0.3 is 0 Å². The second kappa shape index (κ2) is 5.82. The Morgan fingerprint density at radius 2 is 1.74 bits per heavy atom. The van der Waals surface area contributed by atoms with Crippen molar-refractivity contribution in [2.24, 2.45) is 5.41 Å². The van der Waals surface area contributed by atoms with Crippen LogP contribution in [-0.4, -0.2) is 37.1 Å². The van der Waals surface area contributed by atoms with Gasteiger partial charge in [0.25, 0.3) is 0 Å². The summed E-state index contributed by atoms with van der Waals surface area (Å²) in [5, 5.41) is 12.0. The van der Waals surface area contributed by atoms with E-state index in [9.17, 15) is 9.90 Å². The Hall–Kier alpha value is -0.570. The molecule has 0 aromatic carbocycles. The van der Waals surface area contributed by atoms with E-state index >= 15 is 0 Å². The highest BCUT2D eigenvalue weighted by molar-refractivity contribution is 5.76. The lowest BCUT2D eigenvalue weighted by Gasteiger charge is -2.57. The van der Waals surface area contributed by atoms with Crippen LogP contribution in [0.3, 0.4) is 0 Å². The first-order chi connectivity index (χ1) is 8.71. The molecule has 0 aromatic rings. The van der Waals surface area contributed by atoms with E-state index in [1.807, 2.05) is 28.1 Å². The molecule has 0 saturated heterocycles. The van der Waals surface area contributed by atoms with Crippen LogP contribution in [0.4, 0.5) is 0 Å². The summed E-state index contributed by atoms with van der Waals surface area (Å²) in [4.78, 5) is 12.0.